The van der Waals surface area contributed by atoms with Crippen molar-refractivity contribution in [3.05, 3.63) is 23.8 Å². The quantitative estimate of drug-likeness (QED) is 0.788. The molecule has 6 nitrogen and oxygen atoms in total. The lowest BCUT2D eigenvalue weighted by Gasteiger charge is -2.36. The van der Waals surface area contributed by atoms with Gasteiger partial charge in [-0.15, -0.1) is 0 Å². The molecule has 6 heteroatoms. The van der Waals surface area contributed by atoms with Crippen molar-refractivity contribution in [2.45, 2.75) is 38.1 Å². The van der Waals surface area contributed by atoms with E-state index < -0.39 is 11.9 Å². The number of phenolic OH excluding ortho intramolecular Hbond substituents is 2. The van der Waals surface area contributed by atoms with Crippen LogP contribution in [-0.4, -0.2) is 44.7 Å². The molecule has 1 aromatic rings. The number of nitrogens with zero attached hydrogens (tertiary/aromatic N) is 1. The first-order chi connectivity index (χ1) is 10.0. The molecule has 1 aromatic carbocycles. The Labute approximate surface area is 122 Å². The number of amides is 1. The second-order valence-electron chi connectivity index (χ2n) is 5.25. The number of phenols is 2. The van der Waals surface area contributed by atoms with E-state index in [2.05, 4.69) is 0 Å². The van der Waals surface area contributed by atoms with E-state index in [4.69, 9.17) is 5.11 Å². The fourth-order valence-electron chi connectivity index (χ4n) is 2.75. The molecule has 0 saturated carbocycles. The van der Waals surface area contributed by atoms with Crippen LogP contribution in [0.25, 0.3) is 0 Å². The summed E-state index contributed by atoms with van der Waals surface area (Å²) in [6, 6.07) is 3.99. The zero-order valence-corrected chi connectivity index (χ0v) is 11.7. The van der Waals surface area contributed by atoms with E-state index in [1.54, 1.807) is 4.90 Å². The van der Waals surface area contributed by atoms with E-state index in [9.17, 15) is 19.8 Å². The van der Waals surface area contributed by atoms with Crippen molar-refractivity contribution >= 4 is 11.9 Å². The molecule has 1 aliphatic rings. The van der Waals surface area contributed by atoms with Gasteiger partial charge in [-0.3, -0.25) is 9.59 Å². The molecule has 0 aliphatic carbocycles. The number of carbonyl (C=O) groups excluding carboxylic acids is 1. The SMILES string of the molecule is O=C(O)CCC1CCCCN1C(=O)c1c(O)cccc1O. The third kappa shape index (κ3) is 3.45. The summed E-state index contributed by atoms with van der Waals surface area (Å²) < 4.78 is 0. The number of carbonyl (C=O) groups is 2. The summed E-state index contributed by atoms with van der Waals surface area (Å²) in [4.78, 5) is 24.8. The van der Waals surface area contributed by atoms with Crippen molar-refractivity contribution in [1.82, 2.24) is 4.90 Å². The summed E-state index contributed by atoms with van der Waals surface area (Å²) in [5, 5.41) is 28.4. The number of hydrogen-bond donors (Lipinski definition) is 3. The predicted octanol–water partition coefficient (Wildman–Crippen LogP) is 1.96. The predicted molar refractivity (Wildman–Crippen MR) is 75.3 cm³/mol. The van der Waals surface area contributed by atoms with Gasteiger partial charge in [0.05, 0.1) is 0 Å². The highest BCUT2D eigenvalue weighted by Crippen LogP contribution is 2.31. The van der Waals surface area contributed by atoms with Crippen molar-refractivity contribution < 1.29 is 24.9 Å². The van der Waals surface area contributed by atoms with Gasteiger partial charge in [-0.25, -0.2) is 0 Å². The van der Waals surface area contributed by atoms with Crippen LogP contribution in [-0.2, 0) is 4.79 Å². The van der Waals surface area contributed by atoms with Gasteiger partial charge >= 0.3 is 5.97 Å². The molecule has 1 heterocycles. The lowest BCUT2D eigenvalue weighted by atomic mass is 9.96. The molecule has 1 fully saturated rings. The van der Waals surface area contributed by atoms with Gasteiger partial charge in [0.1, 0.15) is 17.1 Å². The number of likely N-dealkylation sites (tertiary alicyclic amines) is 1. The van der Waals surface area contributed by atoms with Gasteiger partial charge < -0.3 is 20.2 Å². The van der Waals surface area contributed by atoms with Crippen LogP contribution in [0.5, 0.6) is 11.5 Å². The largest absolute Gasteiger partial charge is 0.507 e. The second kappa shape index (κ2) is 6.47. The first kappa shape index (κ1) is 15.2. The molecule has 1 atom stereocenters. The highest BCUT2D eigenvalue weighted by atomic mass is 16.4. The number of piperidine rings is 1. The molecule has 114 valence electrons. The molecule has 1 aliphatic heterocycles. The molecule has 0 radical (unpaired) electrons. The lowest BCUT2D eigenvalue weighted by molar-refractivity contribution is -0.137. The van der Waals surface area contributed by atoms with Crippen LogP contribution < -0.4 is 0 Å². The third-order valence-corrected chi connectivity index (χ3v) is 3.81. The molecule has 1 amide bonds. The van der Waals surface area contributed by atoms with Crippen molar-refractivity contribution in [1.29, 1.82) is 0 Å². The fourth-order valence-corrected chi connectivity index (χ4v) is 2.75. The van der Waals surface area contributed by atoms with Crippen LogP contribution in [0, 0.1) is 0 Å². The maximum absolute atomic E-state index is 12.6. The Hall–Kier alpha value is -2.24. The van der Waals surface area contributed by atoms with Crippen LogP contribution in [0.4, 0.5) is 0 Å². The maximum Gasteiger partial charge on any atom is 0.303 e. The van der Waals surface area contributed by atoms with Gasteiger partial charge in [-0.1, -0.05) is 6.07 Å². The first-order valence-corrected chi connectivity index (χ1v) is 7.04. The van der Waals surface area contributed by atoms with Crippen molar-refractivity contribution in [3.8, 4) is 11.5 Å². The second-order valence-corrected chi connectivity index (χ2v) is 5.25. The van der Waals surface area contributed by atoms with Crippen LogP contribution in [0.1, 0.15) is 42.5 Å². The maximum atomic E-state index is 12.6. The monoisotopic (exact) mass is 293 g/mol. The summed E-state index contributed by atoms with van der Waals surface area (Å²) in [5.41, 5.74) is -0.111. The Balaban J connectivity index is 2.20. The number of carboxylic acid groups (broad SMARTS) is 1. The van der Waals surface area contributed by atoms with Crippen LogP contribution >= 0.6 is 0 Å². The zero-order chi connectivity index (χ0) is 15.4. The Morgan fingerprint density at radius 2 is 1.86 bits per heavy atom. The normalized spacial score (nSPS) is 18.5. The highest BCUT2D eigenvalue weighted by Gasteiger charge is 2.30. The standard InChI is InChI=1S/C15H19NO5/c17-11-5-3-6-12(18)14(11)15(21)16-9-2-1-4-10(16)7-8-13(19)20/h3,5-6,10,17-18H,1-2,4,7-9H2,(H,19,20). The molecule has 0 spiro atoms. The number of hydrogen-bond acceptors (Lipinski definition) is 4. The zero-order valence-electron chi connectivity index (χ0n) is 11.7. The summed E-state index contributed by atoms with van der Waals surface area (Å²) in [6.07, 6.45) is 2.91. The number of aliphatic carboxylic acids is 1. The van der Waals surface area contributed by atoms with Crippen molar-refractivity contribution in [2.24, 2.45) is 0 Å². The van der Waals surface area contributed by atoms with Gasteiger partial charge in [-0.2, -0.15) is 0 Å². The average Bonchev–Trinajstić information content (AvgIpc) is 2.45. The minimum absolute atomic E-state index is 0.00119. The first-order valence-electron chi connectivity index (χ1n) is 7.04. The van der Waals surface area contributed by atoms with Crippen molar-refractivity contribution in [3.63, 3.8) is 0 Å². The molecule has 0 bridgehead atoms. The number of rotatable bonds is 4. The summed E-state index contributed by atoms with van der Waals surface area (Å²) in [7, 11) is 0. The molecular weight excluding hydrogens is 274 g/mol. The van der Waals surface area contributed by atoms with E-state index in [1.807, 2.05) is 0 Å². The highest BCUT2D eigenvalue weighted by molar-refractivity contribution is 5.99. The van der Waals surface area contributed by atoms with E-state index in [1.165, 1.54) is 18.2 Å². The van der Waals surface area contributed by atoms with Gasteiger partial charge in [0, 0.05) is 19.0 Å². The molecule has 21 heavy (non-hydrogen) atoms. The molecule has 1 unspecified atom stereocenters. The molecule has 1 saturated heterocycles. The molecule has 2 rings (SSSR count). The minimum atomic E-state index is -0.890. The Bertz CT molecular complexity index is 523. The van der Waals surface area contributed by atoms with Gasteiger partial charge in [-0.05, 0) is 37.8 Å². The molecule has 3 N–H and O–H groups in total. The summed E-state index contributed by atoms with van der Waals surface area (Å²) in [6.45, 7) is 0.511. The smallest absolute Gasteiger partial charge is 0.303 e. The molecule has 0 aromatic heterocycles. The number of benzene rings is 1. The summed E-state index contributed by atoms with van der Waals surface area (Å²) >= 11 is 0. The average molecular weight is 293 g/mol. The Morgan fingerprint density at radius 1 is 1.19 bits per heavy atom. The van der Waals surface area contributed by atoms with Crippen LogP contribution in [0.15, 0.2) is 18.2 Å². The minimum Gasteiger partial charge on any atom is -0.507 e. The van der Waals surface area contributed by atoms with Gasteiger partial charge in [0.2, 0.25) is 0 Å². The lowest BCUT2D eigenvalue weighted by Crippen LogP contribution is -2.44. The van der Waals surface area contributed by atoms with Gasteiger partial charge in [0.15, 0.2) is 0 Å². The Kier molecular flexibility index (Phi) is 4.67. The topological polar surface area (TPSA) is 98.1 Å². The van der Waals surface area contributed by atoms with E-state index >= 15 is 0 Å². The Morgan fingerprint density at radius 3 is 2.48 bits per heavy atom. The number of aromatic hydroxyl groups is 2. The summed E-state index contributed by atoms with van der Waals surface area (Å²) in [5.74, 6) is -1.86. The number of carboxylic acids is 1. The van der Waals surface area contributed by atoms with Crippen LogP contribution in [0.2, 0.25) is 0 Å². The van der Waals surface area contributed by atoms with E-state index in [0.717, 1.165) is 19.3 Å². The fraction of sp³-hybridized carbons (Fsp3) is 0.467. The van der Waals surface area contributed by atoms with E-state index in [-0.39, 0.29) is 29.5 Å². The molecular formula is C15H19NO5. The van der Waals surface area contributed by atoms with Crippen LogP contribution in [0.3, 0.4) is 0 Å². The van der Waals surface area contributed by atoms with E-state index in [0.29, 0.717) is 13.0 Å². The third-order valence-electron chi connectivity index (χ3n) is 3.81. The van der Waals surface area contributed by atoms with Crippen molar-refractivity contribution in [2.75, 3.05) is 6.54 Å². The van der Waals surface area contributed by atoms with Gasteiger partial charge in [0.25, 0.3) is 5.91 Å².